The summed E-state index contributed by atoms with van der Waals surface area (Å²) in [5, 5.41) is 5.71. The maximum Gasteiger partial charge on any atom is 0.242 e. The Morgan fingerprint density at radius 3 is 2.54 bits per heavy atom. The number of benzene rings is 1. The monoisotopic (exact) mass is 423 g/mol. The van der Waals surface area contributed by atoms with E-state index in [9.17, 15) is 21.6 Å². The maximum absolute atomic E-state index is 12.2. The first kappa shape index (κ1) is 21.1. The predicted molar refractivity (Wildman–Crippen MR) is 101 cm³/mol. The Kier molecular flexibility index (Phi) is 6.03. The normalized spacial score (nSPS) is 22.5. The summed E-state index contributed by atoms with van der Waals surface area (Å²) in [5.74, 6) is -0.379. The second-order valence-electron chi connectivity index (χ2n) is 6.73. The molecule has 0 spiro atoms. The number of hydrogen-bond donors (Lipinski definition) is 2. The van der Waals surface area contributed by atoms with Crippen LogP contribution >= 0.6 is 11.6 Å². The van der Waals surface area contributed by atoms with E-state index in [1.165, 1.54) is 32.3 Å². The van der Waals surface area contributed by atoms with Crippen LogP contribution in [0.2, 0.25) is 5.02 Å². The van der Waals surface area contributed by atoms with Gasteiger partial charge in [-0.2, -0.15) is 0 Å². The zero-order valence-corrected chi connectivity index (χ0v) is 17.1. The largest absolute Gasteiger partial charge is 0.324 e. The molecule has 1 aromatic carbocycles. The zero-order valence-electron chi connectivity index (χ0n) is 14.7. The summed E-state index contributed by atoms with van der Waals surface area (Å²) in [6.07, 6.45) is 0.430. The molecular formula is C15H22ClN3O5S2. The Balaban J connectivity index is 2.07. The van der Waals surface area contributed by atoms with Crippen molar-refractivity contribution in [1.82, 2.24) is 9.62 Å². The maximum atomic E-state index is 12.2. The topological polar surface area (TPSA) is 113 Å². The standard InChI is InChI=1S/C15H22ClN3O5S2/c1-15(6-7-25(21,22)10-15)17-9-14(20)18-13-8-11(4-5-12(13)16)26(23,24)19(2)3/h4-5,8,17H,6-7,9-10H2,1-3H3,(H,18,20)/t15-/m1/s1. The molecule has 0 radical (unpaired) electrons. The molecule has 0 aromatic heterocycles. The minimum atomic E-state index is -3.66. The lowest BCUT2D eigenvalue weighted by Crippen LogP contribution is -2.46. The van der Waals surface area contributed by atoms with Crippen molar-refractivity contribution < 1.29 is 21.6 Å². The Morgan fingerprint density at radius 2 is 2.00 bits per heavy atom. The van der Waals surface area contributed by atoms with Crippen LogP contribution in [0.3, 0.4) is 0 Å². The van der Waals surface area contributed by atoms with Crippen LogP contribution in [0.5, 0.6) is 0 Å². The molecule has 0 aliphatic carbocycles. The van der Waals surface area contributed by atoms with Gasteiger partial charge in [-0.15, -0.1) is 0 Å². The van der Waals surface area contributed by atoms with Gasteiger partial charge in [0.1, 0.15) is 0 Å². The van der Waals surface area contributed by atoms with Gasteiger partial charge in [0.15, 0.2) is 9.84 Å². The molecule has 26 heavy (non-hydrogen) atoms. The van der Waals surface area contributed by atoms with Crippen molar-refractivity contribution in [2.75, 3.05) is 37.5 Å². The molecule has 1 saturated heterocycles. The number of halogens is 1. The quantitative estimate of drug-likeness (QED) is 0.696. The van der Waals surface area contributed by atoms with E-state index in [0.717, 1.165) is 4.31 Å². The van der Waals surface area contributed by atoms with Gasteiger partial charge in [-0.25, -0.2) is 21.1 Å². The molecule has 1 aromatic rings. The van der Waals surface area contributed by atoms with Gasteiger partial charge in [-0.1, -0.05) is 11.6 Å². The number of carbonyl (C=O) groups is 1. The molecule has 146 valence electrons. The van der Waals surface area contributed by atoms with Crippen LogP contribution in [0.1, 0.15) is 13.3 Å². The van der Waals surface area contributed by atoms with Gasteiger partial charge in [0.05, 0.1) is 33.7 Å². The molecule has 2 N–H and O–H groups in total. The van der Waals surface area contributed by atoms with Gasteiger partial charge in [-0.05, 0) is 31.5 Å². The smallest absolute Gasteiger partial charge is 0.242 e. The van der Waals surface area contributed by atoms with Crippen LogP contribution in [0, 0.1) is 0 Å². The molecule has 1 aliphatic heterocycles. The molecule has 1 fully saturated rings. The van der Waals surface area contributed by atoms with Crippen molar-refractivity contribution in [3.63, 3.8) is 0 Å². The van der Waals surface area contributed by atoms with E-state index in [4.69, 9.17) is 11.6 Å². The fourth-order valence-corrected chi connectivity index (χ4v) is 5.83. The van der Waals surface area contributed by atoms with E-state index in [-0.39, 0.29) is 33.7 Å². The first-order chi connectivity index (χ1) is 11.8. The molecule has 11 heteroatoms. The first-order valence-electron chi connectivity index (χ1n) is 7.82. The Labute approximate surface area is 158 Å². The van der Waals surface area contributed by atoms with Gasteiger partial charge in [0.25, 0.3) is 0 Å². The van der Waals surface area contributed by atoms with E-state index < -0.39 is 31.3 Å². The van der Waals surface area contributed by atoms with Gasteiger partial charge in [0.2, 0.25) is 15.9 Å². The van der Waals surface area contributed by atoms with Gasteiger partial charge >= 0.3 is 0 Å². The van der Waals surface area contributed by atoms with E-state index in [2.05, 4.69) is 10.6 Å². The summed E-state index contributed by atoms with van der Waals surface area (Å²) >= 11 is 6.04. The van der Waals surface area contributed by atoms with Gasteiger partial charge in [-0.3, -0.25) is 4.79 Å². The van der Waals surface area contributed by atoms with Crippen LogP contribution in [0.25, 0.3) is 0 Å². The summed E-state index contributed by atoms with van der Waals surface area (Å²) < 4.78 is 48.6. The Bertz CT molecular complexity index is 915. The lowest BCUT2D eigenvalue weighted by Gasteiger charge is -2.23. The SMILES string of the molecule is CN(C)S(=O)(=O)c1ccc(Cl)c(NC(=O)CN[C@]2(C)CCS(=O)(=O)C2)c1. The molecule has 0 saturated carbocycles. The number of nitrogens with zero attached hydrogens (tertiary/aromatic N) is 1. The summed E-state index contributed by atoms with van der Waals surface area (Å²) in [5.41, 5.74) is -0.485. The highest BCUT2D eigenvalue weighted by Crippen LogP contribution is 2.26. The predicted octanol–water partition coefficient (Wildman–Crippen LogP) is 0.696. The van der Waals surface area contributed by atoms with Crippen molar-refractivity contribution >= 4 is 43.1 Å². The number of amides is 1. The second kappa shape index (κ2) is 7.43. The molecule has 1 heterocycles. The summed E-state index contributed by atoms with van der Waals surface area (Å²) in [6.45, 7) is 1.63. The van der Waals surface area contributed by atoms with E-state index >= 15 is 0 Å². The van der Waals surface area contributed by atoms with Crippen molar-refractivity contribution in [2.24, 2.45) is 0 Å². The lowest BCUT2D eigenvalue weighted by atomic mass is 10.0. The summed E-state index contributed by atoms with van der Waals surface area (Å²) in [7, 11) is -3.93. The molecule has 0 bridgehead atoms. The number of hydrogen-bond acceptors (Lipinski definition) is 6. The van der Waals surface area contributed by atoms with E-state index in [0.29, 0.717) is 6.42 Å². The third kappa shape index (κ3) is 4.95. The summed E-state index contributed by atoms with van der Waals surface area (Å²) in [6, 6.07) is 4.04. The highest BCUT2D eigenvalue weighted by molar-refractivity contribution is 7.91. The number of anilines is 1. The molecule has 8 nitrogen and oxygen atoms in total. The minimum absolute atomic E-state index is 0.00371. The number of nitrogens with one attached hydrogen (secondary N) is 2. The van der Waals surface area contributed by atoms with Gasteiger partial charge < -0.3 is 10.6 Å². The van der Waals surface area contributed by atoms with Crippen molar-refractivity contribution in [2.45, 2.75) is 23.8 Å². The van der Waals surface area contributed by atoms with Crippen molar-refractivity contribution in [3.8, 4) is 0 Å². The Hall–Kier alpha value is -1.20. The highest BCUT2D eigenvalue weighted by atomic mass is 35.5. The fourth-order valence-electron chi connectivity index (χ4n) is 2.61. The van der Waals surface area contributed by atoms with Crippen LogP contribution < -0.4 is 10.6 Å². The second-order valence-corrected chi connectivity index (χ2v) is 11.5. The molecule has 1 amide bonds. The average molecular weight is 424 g/mol. The van der Waals surface area contributed by atoms with Crippen LogP contribution in [0.15, 0.2) is 23.1 Å². The first-order valence-corrected chi connectivity index (χ1v) is 11.5. The van der Waals surface area contributed by atoms with Crippen molar-refractivity contribution in [1.29, 1.82) is 0 Å². The van der Waals surface area contributed by atoms with E-state index in [1.807, 2.05) is 0 Å². The minimum Gasteiger partial charge on any atom is -0.324 e. The molecule has 1 atom stereocenters. The van der Waals surface area contributed by atoms with Crippen LogP contribution in [0.4, 0.5) is 5.69 Å². The number of sulfone groups is 1. The average Bonchev–Trinajstić information content (AvgIpc) is 2.81. The van der Waals surface area contributed by atoms with Crippen molar-refractivity contribution in [3.05, 3.63) is 23.2 Å². The lowest BCUT2D eigenvalue weighted by molar-refractivity contribution is -0.115. The number of sulfonamides is 1. The van der Waals surface area contributed by atoms with Gasteiger partial charge in [0, 0.05) is 19.6 Å². The number of carbonyl (C=O) groups excluding carboxylic acids is 1. The highest BCUT2D eigenvalue weighted by Gasteiger charge is 2.38. The molecule has 1 aliphatic rings. The third-order valence-electron chi connectivity index (χ3n) is 4.17. The molecule has 2 rings (SSSR count). The molecule has 0 unspecified atom stereocenters. The van der Waals surface area contributed by atoms with Crippen LogP contribution in [-0.4, -0.2) is 64.7 Å². The summed E-state index contributed by atoms with van der Waals surface area (Å²) in [4.78, 5) is 12.2. The third-order valence-corrected chi connectivity index (χ3v) is 8.21. The molecular weight excluding hydrogens is 402 g/mol. The Morgan fingerprint density at radius 1 is 1.35 bits per heavy atom. The number of rotatable bonds is 6. The fraction of sp³-hybridized carbons (Fsp3) is 0.533. The van der Waals surface area contributed by atoms with E-state index in [1.54, 1.807) is 6.92 Å². The zero-order chi connectivity index (χ0) is 19.8. The van der Waals surface area contributed by atoms with Crippen LogP contribution in [-0.2, 0) is 24.7 Å².